The fourth-order valence-electron chi connectivity index (χ4n) is 2.85. The van der Waals surface area contributed by atoms with Crippen LogP contribution in [-0.2, 0) is 18.3 Å². The molecule has 2 aromatic rings. The summed E-state index contributed by atoms with van der Waals surface area (Å²) >= 11 is 0. The summed E-state index contributed by atoms with van der Waals surface area (Å²) in [6, 6.07) is 1.66. The fourth-order valence-corrected chi connectivity index (χ4v) is 2.85. The van der Waals surface area contributed by atoms with Gasteiger partial charge in [-0.25, -0.2) is 0 Å². The molecular weight excluding hydrogens is 310 g/mol. The van der Waals surface area contributed by atoms with Crippen LogP contribution in [0.4, 0.5) is 0 Å². The van der Waals surface area contributed by atoms with E-state index in [-0.39, 0.29) is 11.8 Å². The highest BCUT2D eigenvalue weighted by Crippen LogP contribution is 2.11. The van der Waals surface area contributed by atoms with Crippen molar-refractivity contribution in [1.29, 1.82) is 0 Å². The molecule has 0 radical (unpaired) electrons. The Balaban J connectivity index is 1.52. The number of amides is 2. The molecule has 8 nitrogen and oxygen atoms in total. The van der Waals surface area contributed by atoms with Gasteiger partial charge in [-0.1, -0.05) is 0 Å². The average molecular weight is 331 g/mol. The number of hydrogen-bond acceptors (Lipinski definition) is 5. The van der Waals surface area contributed by atoms with Gasteiger partial charge < -0.3 is 18.8 Å². The van der Waals surface area contributed by atoms with Crippen molar-refractivity contribution >= 4 is 11.8 Å². The van der Waals surface area contributed by atoms with Gasteiger partial charge in [-0.15, -0.1) is 10.2 Å². The van der Waals surface area contributed by atoms with E-state index in [1.807, 2.05) is 16.5 Å². The molecular formula is C16H21N5O3. The Kier molecular flexibility index (Phi) is 4.93. The smallest absolute Gasteiger partial charge is 0.257 e. The van der Waals surface area contributed by atoms with Gasteiger partial charge in [-0.3, -0.25) is 9.59 Å². The predicted octanol–water partition coefficient (Wildman–Crippen LogP) is 0.715. The molecule has 128 valence electrons. The first-order chi connectivity index (χ1) is 11.6. The SMILES string of the molecule is Cn1cnnc1CCC(=O)N1CCCN(C(=O)c2ccoc2)CC1. The van der Waals surface area contributed by atoms with Gasteiger partial charge in [0.1, 0.15) is 18.4 Å². The molecule has 0 bridgehead atoms. The summed E-state index contributed by atoms with van der Waals surface area (Å²) in [4.78, 5) is 28.4. The van der Waals surface area contributed by atoms with Crippen LogP contribution in [0.15, 0.2) is 29.3 Å². The molecule has 1 fully saturated rings. The lowest BCUT2D eigenvalue weighted by atomic mass is 10.2. The van der Waals surface area contributed by atoms with E-state index in [0.717, 1.165) is 12.2 Å². The van der Waals surface area contributed by atoms with Crippen molar-refractivity contribution in [3.63, 3.8) is 0 Å². The van der Waals surface area contributed by atoms with Gasteiger partial charge in [0.25, 0.3) is 5.91 Å². The molecule has 0 N–H and O–H groups in total. The number of furan rings is 1. The topological polar surface area (TPSA) is 84.5 Å². The van der Waals surface area contributed by atoms with Crippen LogP contribution in [0.2, 0.25) is 0 Å². The van der Waals surface area contributed by atoms with E-state index < -0.39 is 0 Å². The molecule has 2 amide bonds. The van der Waals surface area contributed by atoms with Crippen LogP contribution in [0.1, 0.15) is 29.0 Å². The molecule has 0 atom stereocenters. The van der Waals surface area contributed by atoms with Crippen molar-refractivity contribution in [1.82, 2.24) is 24.6 Å². The molecule has 1 aliphatic heterocycles. The third-order valence-corrected chi connectivity index (χ3v) is 4.27. The fraction of sp³-hybridized carbons (Fsp3) is 0.500. The monoisotopic (exact) mass is 331 g/mol. The van der Waals surface area contributed by atoms with Crippen LogP contribution in [0.3, 0.4) is 0 Å². The Morgan fingerprint density at radius 2 is 2.00 bits per heavy atom. The molecule has 3 rings (SSSR count). The summed E-state index contributed by atoms with van der Waals surface area (Å²) in [7, 11) is 1.87. The number of carbonyl (C=O) groups is 2. The number of nitrogens with zero attached hydrogens (tertiary/aromatic N) is 5. The molecule has 0 saturated carbocycles. The molecule has 1 aliphatic rings. The molecule has 3 heterocycles. The van der Waals surface area contributed by atoms with E-state index >= 15 is 0 Å². The maximum Gasteiger partial charge on any atom is 0.257 e. The van der Waals surface area contributed by atoms with Crippen LogP contribution in [-0.4, -0.2) is 62.6 Å². The second-order valence-electron chi connectivity index (χ2n) is 5.90. The van der Waals surface area contributed by atoms with Gasteiger partial charge in [0.15, 0.2) is 0 Å². The van der Waals surface area contributed by atoms with E-state index in [1.165, 1.54) is 12.5 Å². The Morgan fingerprint density at radius 3 is 2.71 bits per heavy atom. The molecule has 0 aliphatic carbocycles. The Bertz CT molecular complexity index is 694. The van der Waals surface area contributed by atoms with Crippen LogP contribution < -0.4 is 0 Å². The highest BCUT2D eigenvalue weighted by molar-refractivity contribution is 5.93. The number of carbonyl (C=O) groups excluding carboxylic acids is 2. The van der Waals surface area contributed by atoms with Crippen molar-refractivity contribution in [3.05, 3.63) is 36.3 Å². The summed E-state index contributed by atoms with van der Waals surface area (Å²) in [6.07, 6.45) is 6.33. The van der Waals surface area contributed by atoms with E-state index in [1.54, 1.807) is 17.3 Å². The lowest BCUT2D eigenvalue weighted by Crippen LogP contribution is -2.37. The van der Waals surface area contributed by atoms with Crippen molar-refractivity contribution in [2.45, 2.75) is 19.3 Å². The predicted molar refractivity (Wildman–Crippen MR) is 85.1 cm³/mol. The van der Waals surface area contributed by atoms with Gasteiger partial charge in [-0.2, -0.15) is 0 Å². The highest BCUT2D eigenvalue weighted by Gasteiger charge is 2.23. The largest absolute Gasteiger partial charge is 0.472 e. The number of rotatable bonds is 4. The van der Waals surface area contributed by atoms with Crippen LogP contribution in [0.25, 0.3) is 0 Å². The minimum absolute atomic E-state index is 0.0443. The summed E-state index contributed by atoms with van der Waals surface area (Å²) in [5.41, 5.74) is 0.553. The Labute approximate surface area is 140 Å². The third kappa shape index (κ3) is 3.64. The van der Waals surface area contributed by atoms with Crippen LogP contribution >= 0.6 is 0 Å². The maximum absolute atomic E-state index is 12.4. The van der Waals surface area contributed by atoms with Crippen LogP contribution in [0.5, 0.6) is 0 Å². The summed E-state index contributed by atoms with van der Waals surface area (Å²) in [5, 5.41) is 7.81. The molecule has 0 spiro atoms. The van der Waals surface area contributed by atoms with Crippen molar-refractivity contribution in [2.24, 2.45) is 7.05 Å². The van der Waals surface area contributed by atoms with E-state index in [2.05, 4.69) is 10.2 Å². The van der Waals surface area contributed by atoms with Crippen molar-refractivity contribution in [2.75, 3.05) is 26.2 Å². The van der Waals surface area contributed by atoms with Gasteiger partial charge in [0.2, 0.25) is 5.91 Å². The molecule has 0 unspecified atom stereocenters. The van der Waals surface area contributed by atoms with Gasteiger partial charge in [0, 0.05) is 46.1 Å². The van der Waals surface area contributed by atoms with Gasteiger partial charge >= 0.3 is 0 Å². The minimum Gasteiger partial charge on any atom is -0.472 e. The van der Waals surface area contributed by atoms with E-state index in [9.17, 15) is 9.59 Å². The zero-order valence-electron chi connectivity index (χ0n) is 13.7. The van der Waals surface area contributed by atoms with Gasteiger partial charge in [0.05, 0.1) is 11.8 Å². The summed E-state index contributed by atoms with van der Waals surface area (Å²) in [6.45, 7) is 2.42. The second kappa shape index (κ2) is 7.29. The minimum atomic E-state index is -0.0443. The zero-order chi connectivity index (χ0) is 16.9. The lowest BCUT2D eigenvalue weighted by Gasteiger charge is -2.22. The summed E-state index contributed by atoms with van der Waals surface area (Å²) < 4.78 is 6.79. The molecule has 0 aromatic carbocycles. The molecule has 1 saturated heterocycles. The quantitative estimate of drug-likeness (QED) is 0.824. The Morgan fingerprint density at radius 1 is 1.21 bits per heavy atom. The second-order valence-corrected chi connectivity index (χ2v) is 5.90. The Hall–Kier alpha value is -2.64. The highest BCUT2D eigenvalue weighted by atomic mass is 16.3. The number of aromatic nitrogens is 3. The van der Waals surface area contributed by atoms with E-state index in [0.29, 0.717) is 44.6 Å². The zero-order valence-corrected chi connectivity index (χ0v) is 13.7. The van der Waals surface area contributed by atoms with E-state index in [4.69, 9.17) is 4.42 Å². The molecule has 2 aromatic heterocycles. The number of hydrogen-bond donors (Lipinski definition) is 0. The first-order valence-electron chi connectivity index (χ1n) is 8.07. The number of aryl methyl sites for hydroxylation is 2. The molecule has 24 heavy (non-hydrogen) atoms. The van der Waals surface area contributed by atoms with Crippen molar-refractivity contribution < 1.29 is 14.0 Å². The van der Waals surface area contributed by atoms with Crippen molar-refractivity contribution in [3.8, 4) is 0 Å². The first-order valence-corrected chi connectivity index (χ1v) is 8.07. The lowest BCUT2D eigenvalue weighted by molar-refractivity contribution is -0.131. The van der Waals surface area contributed by atoms with Gasteiger partial charge in [-0.05, 0) is 12.5 Å². The standard InChI is InChI=1S/C16H21N5O3/c1-19-12-17-18-14(19)3-4-15(22)20-6-2-7-21(9-8-20)16(23)13-5-10-24-11-13/h5,10-12H,2-4,6-9H2,1H3. The maximum atomic E-state index is 12.4. The van der Waals surface area contributed by atoms with Crippen LogP contribution in [0, 0.1) is 0 Å². The normalized spacial score (nSPS) is 15.4. The molecule has 8 heteroatoms. The third-order valence-electron chi connectivity index (χ3n) is 4.27. The average Bonchev–Trinajstić information content (AvgIpc) is 3.18. The first kappa shape index (κ1) is 16.2. The summed E-state index contributed by atoms with van der Waals surface area (Å²) in [5.74, 6) is 0.850.